The topological polar surface area (TPSA) is 59.1 Å². The van der Waals surface area contributed by atoms with Gasteiger partial charge in [-0.3, -0.25) is 9.59 Å². The van der Waals surface area contributed by atoms with Crippen molar-refractivity contribution in [3.8, 4) is 11.5 Å². The maximum absolute atomic E-state index is 13.1. The summed E-state index contributed by atoms with van der Waals surface area (Å²) in [5.41, 5.74) is 2.03. The Hall–Kier alpha value is -2.67. The molecular weight excluding hydrogens is 412 g/mol. The number of thioether (sulfide) groups is 1. The van der Waals surface area contributed by atoms with Crippen molar-refractivity contribution in [3.63, 3.8) is 0 Å². The first-order chi connectivity index (χ1) is 14.9. The Morgan fingerprint density at radius 1 is 1.19 bits per heavy atom. The minimum absolute atomic E-state index is 0.0187. The molecule has 2 saturated heterocycles. The van der Waals surface area contributed by atoms with Gasteiger partial charge in [0.15, 0.2) is 11.5 Å². The average Bonchev–Trinajstić information content (AvgIpc) is 3.28. The lowest BCUT2D eigenvalue weighted by Crippen LogP contribution is -2.50. The van der Waals surface area contributed by atoms with Crippen LogP contribution in [0, 0.1) is 0 Å². The highest BCUT2D eigenvalue weighted by Gasteiger charge is 2.53. The van der Waals surface area contributed by atoms with E-state index in [2.05, 4.69) is 6.92 Å². The first-order valence-electron chi connectivity index (χ1n) is 10.5. The van der Waals surface area contributed by atoms with Crippen LogP contribution in [0.4, 0.5) is 0 Å². The number of carbonyl (C=O) groups excluding carboxylic acids is 2. The van der Waals surface area contributed by atoms with E-state index in [1.165, 1.54) is 0 Å². The molecule has 2 aromatic rings. The van der Waals surface area contributed by atoms with Crippen LogP contribution in [0.1, 0.15) is 30.9 Å². The molecule has 0 radical (unpaired) electrons. The Labute approximate surface area is 187 Å². The minimum Gasteiger partial charge on any atom is -0.493 e. The molecule has 0 spiro atoms. The standard InChI is InChI=1S/C24H28N2O4S/c1-24-12-11-22(27)26(24)19(16-31-24)23(28)25(2)14-18-9-10-20(21(13-18)29-3)30-15-17-7-5-4-6-8-17/h4-10,13,19H,11-12,14-16H2,1-3H3/t19-,24-/m0/s1. The smallest absolute Gasteiger partial charge is 0.246 e. The predicted octanol–water partition coefficient (Wildman–Crippen LogP) is 3.69. The van der Waals surface area contributed by atoms with Crippen molar-refractivity contribution in [2.75, 3.05) is 19.9 Å². The third kappa shape index (κ3) is 4.37. The van der Waals surface area contributed by atoms with Gasteiger partial charge >= 0.3 is 0 Å². The molecular formula is C24H28N2O4S. The fourth-order valence-electron chi connectivity index (χ4n) is 4.27. The number of hydrogen-bond donors (Lipinski definition) is 0. The number of amides is 2. The summed E-state index contributed by atoms with van der Waals surface area (Å²) in [6.07, 6.45) is 1.34. The van der Waals surface area contributed by atoms with Gasteiger partial charge in [-0.1, -0.05) is 36.4 Å². The fraction of sp³-hybridized carbons (Fsp3) is 0.417. The number of rotatable bonds is 7. The molecule has 0 saturated carbocycles. The fourth-order valence-corrected chi connectivity index (χ4v) is 5.70. The Morgan fingerprint density at radius 2 is 1.97 bits per heavy atom. The van der Waals surface area contributed by atoms with Gasteiger partial charge in [0.2, 0.25) is 11.8 Å². The molecule has 0 aromatic heterocycles. The van der Waals surface area contributed by atoms with E-state index in [0.29, 0.717) is 36.8 Å². The zero-order valence-corrected chi connectivity index (χ0v) is 19.0. The van der Waals surface area contributed by atoms with Crippen LogP contribution in [0.15, 0.2) is 48.5 Å². The highest BCUT2D eigenvalue weighted by molar-refractivity contribution is 8.01. The molecule has 2 aliphatic rings. The second kappa shape index (κ2) is 8.83. The van der Waals surface area contributed by atoms with Gasteiger partial charge in [0.05, 0.1) is 12.0 Å². The maximum Gasteiger partial charge on any atom is 0.246 e. The van der Waals surface area contributed by atoms with Gasteiger partial charge in [-0.15, -0.1) is 11.8 Å². The van der Waals surface area contributed by atoms with Crippen molar-refractivity contribution in [2.45, 2.75) is 43.8 Å². The molecule has 0 unspecified atom stereocenters. The summed E-state index contributed by atoms with van der Waals surface area (Å²) in [4.78, 5) is 28.7. The molecule has 2 amide bonds. The van der Waals surface area contributed by atoms with Crippen molar-refractivity contribution in [3.05, 3.63) is 59.7 Å². The Balaban J connectivity index is 1.41. The highest BCUT2D eigenvalue weighted by atomic mass is 32.2. The van der Waals surface area contributed by atoms with Gasteiger partial charge in [-0.2, -0.15) is 0 Å². The zero-order valence-electron chi connectivity index (χ0n) is 18.2. The largest absolute Gasteiger partial charge is 0.493 e. The first kappa shape index (κ1) is 21.6. The molecule has 4 rings (SSSR count). The van der Waals surface area contributed by atoms with Crippen LogP contribution in [0.5, 0.6) is 11.5 Å². The molecule has 0 aliphatic carbocycles. The van der Waals surface area contributed by atoms with Crippen LogP contribution < -0.4 is 9.47 Å². The normalized spacial score (nSPS) is 22.4. The van der Waals surface area contributed by atoms with E-state index in [-0.39, 0.29) is 22.7 Å². The molecule has 31 heavy (non-hydrogen) atoms. The highest BCUT2D eigenvalue weighted by Crippen LogP contribution is 2.47. The molecule has 164 valence electrons. The monoisotopic (exact) mass is 440 g/mol. The minimum atomic E-state index is -0.384. The molecule has 0 N–H and O–H groups in total. The molecule has 7 heteroatoms. The number of methoxy groups -OCH3 is 1. The van der Waals surface area contributed by atoms with Gasteiger partial charge in [-0.25, -0.2) is 0 Å². The van der Waals surface area contributed by atoms with E-state index in [1.807, 2.05) is 48.5 Å². The number of fused-ring (bicyclic) bond motifs is 1. The van der Waals surface area contributed by atoms with Crippen molar-refractivity contribution in [1.82, 2.24) is 9.80 Å². The zero-order chi connectivity index (χ0) is 22.0. The average molecular weight is 441 g/mol. The molecule has 2 atom stereocenters. The summed E-state index contributed by atoms with van der Waals surface area (Å²) in [6, 6.07) is 15.3. The number of likely N-dealkylation sites (N-methyl/N-ethyl adjacent to an activating group) is 1. The van der Waals surface area contributed by atoms with Crippen LogP contribution in [-0.4, -0.2) is 52.4 Å². The van der Waals surface area contributed by atoms with E-state index in [9.17, 15) is 9.59 Å². The lowest BCUT2D eigenvalue weighted by molar-refractivity contribution is -0.143. The number of nitrogens with zero attached hydrogens (tertiary/aromatic N) is 2. The summed E-state index contributed by atoms with van der Waals surface area (Å²) in [6.45, 7) is 2.96. The van der Waals surface area contributed by atoms with Gasteiger partial charge in [-0.05, 0) is 36.6 Å². The summed E-state index contributed by atoms with van der Waals surface area (Å²) in [7, 11) is 3.40. The molecule has 2 aliphatic heterocycles. The van der Waals surface area contributed by atoms with Crippen molar-refractivity contribution in [1.29, 1.82) is 0 Å². The first-order valence-corrected chi connectivity index (χ1v) is 11.4. The third-order valence-electron chi connectivity index (χ3n) is 5.99. The van der Waals surface area contributed by atoms with E-state index in [0.717, 1.165) is 17.5 Å². The lowest BCUT2D eigenvalue weighted by Gasteiger charge is -2.32. The van der Waals surface area contributed by atoms with Crippen LogP contribution >= 0.6 is 11.8 Å². The van der Waals surface area contributed by atoms with E-state index in [4.69, 9.17) is 9.47 Å². The molecule has 2 aromatic carbocycles. The van der Waals surface area contributed by atoms with Crippen LogP contribution in [-0.2, 0) is 22.7 Å². The van der Waals surface area contributed by atoms with Crippen LogP contribution in [0.2, 0.25) is 0 Å². The Morgan fingerprint density at radius 3 is 2.71 bits per heavy atom. The molecule has 6 nitrogen and oxygen atoms in total. The van der Waals surface area contributed by atoms with Gasteiger partial charge in [0.25, 0.3) is 0 Å². The second-order valence-electron chi connectivity index (χ2n) is 8.22. The summed E-state index contributed by atoms with van der Waals surface area (Å²) >= 11 is 1.71. The summed E-state index contributed by atoms with van der Waals surface area (Å²) < 4.78 is 11.4. The maximum atomic E-state index is 13.1. The summed E-state index contributed by atoms with van der Waals surface area (Å²) in [5.74, 6) is 2.01. The Bertz CT molecular complexity index is 967. The van der Waals surface area contributed by atoms with E-state index >= 15 is 0 Å². The van der Waals surface area contributed by atoms with Gasteiger partial charge < -0.3 is 19.3 Å². The molecule has 2 heterocycles. The quantitative estimate of drug-likeness (QED) is 0.657. The van der Waals surface area contributed by atoms with Gasteiger partial charge in [0.1, 0.15) is 12.6 Å². The van der Waals surface area contributed by atoms with Crippen molar-refractivity contribution in [2.24, 2.45) is 0 Å². The molecule has 0 bridgehead atoms. The van der Waals surface area contributed by atoms with E-state index < -0.39 is 0 Å². The van der Waals surface area contributed by atoms with Crippen LogP contribution in [0.25, 0.3) is 0 Å². The third-order valence-corrected chi connectivity index (χ3v) is 7.50. The molecule has 2 fully saturated rings. The van der Waals surface area contributed by atoms with Crippen molar-refractivity contribution < 1.29 is 19.1 Å². The second-order valence-corrected chi connectivity index (χ2v) is 9.72. The Kier molecular flexibility index (Phi) is 6.14. The predicted molar refractivity (Wildman–Crippen MR) is 121 cm³/mol. The number of benzene rings is 2. The number of hydrogen-bond acceptors (Lipinski definition) is 5. The lowest BCUT2D eigenvalue weighted by atomic mass is 10.1. The van der Waals surface area contributed by atoms with Crippen molar-refractivity contribution >= 4 is 23.6 Å². The number of carbonyl (C=O) groups is 2. The summed E-state index contributed by atoms with van der Waals surface area (Å²) in [5, 5.41) is 0. The van der Waals surface area contributed by atoms with E-state index in [1.54, 1.807) is 35.7 Å². The van der Waals surface area contributed by atoms with Crippen LogP contribution in [0.3, 0.4) is 0 Å². The van der Waals surface area contributed by atoms with Gasteiger partial charge in [0, 0.05) is 25.8 Å². The SMILES string of the molecule is COc1cc(CN(C)C(=O)[C@@H]2CS[C@@]3(C)CCC(=O)N23)ccc1OCc1ccccc1. The number of ether oxygens (including phenoxy) is 2.